The summed E-state index contributed by atoms with van der Waals surface area (Å²) in [5, 5.41) is 17.0. The van der Waals surface area contributed by atoms with Gasteiger partial charge in [-0.25, -0.2) is 10.2 Å². The molecule has 1 aromatic rings. The molecule has 0 amide bonds. The fourth-order valence-electron chi connectivity index (χ4n) is 2.32. The van der Waals surface area contributed by atoms with Crippen molar-refractivity contribution in [1.29, 1.82) is 0 Å². The van der Waals surface area contributed by atoms with Gasteiger partial charge in [-0.3, -0.25) is 14.7 Å². The minimum atomic E-state index is -3.40. The Morgan fingerprint density at radius 1 is 1.23 bits per heavy atom. The summed E-state index contributed by atoms with van der Waals surface area (Å²) in [6, 6.07) is 2.87. The number of halogens is 1. The second-order valence-corrected chi connectivity index (χ2v) is 10.2. The lowest BCUT2D eigenvalue weighted by atomic mass is 10.0. The Hall–Kier alpha value is -0.500. The molecular weight excluding hydrogens is 397 g/mol. The predicted octanol–water partition coefficient (Wildman–Crippen LogP) is 5.16. The molecule has 0 spiro atoms. The van der Waals surface area contributed by atoms with Crippen molar-refractivity contribution in [2.75, 3.05) is 5.88 Å². The van der Waals surface area contributed by atoms with Gasteiger partial charge in [-0.2, -0.15) is 0 Å². The van der Waals surface area contributed by atoms with Crippen LogP contribution >= 0.6 is 30.6 Å². The summed E-state index contributed by atoms with van der Waals surface area (Å²) < 4.78 is 19.2. The van der Waals surface area contributed by atoms with Crippen LogP contribution < -0.4 is 10.2 Å². The maximum atomic E-state index is 13.4. The summed E-state index contributed by atoms with van der Waals surface area (Å²) in [6.07, 6.45) is 0.796. The molecule has 0 aliphatic rings. The molecule has 0 saturated heterocycles. The van der Waals surface area contributed by atoms with E-state index in [-0.39, 0.29) is 35.5 Å². The second kappa shape index (κ2) is 10.7. The zero-order valence-electron chi connectivity index (χ0n) is 15.9. The van der Waals surface area contributed by atoms with Crippen LogP contribution in [0.4, 0.5) is 5.00 Å². The number of alkyl halides is 1. The van der Waals surface area contributed by atoms with Crippen molar-refractivity contribution < 1.29 is 14.0 Å². The van der Waals surface area contributed by atoms with Gasteiger partial charge in [0, 0.05) is 28.9 Å². The molecule has 1 rings (SSSR count). The maximum absolute atomic E-state index is 13.4. The van der Waals surface area contributed by atoms with Crippen LogP contribution in [0.5, 0.6) is 0 Å². The Kier molecular flexibility index (Phi) is 9.72. The SMILES string of the molecule is CC[C@@H](NP(=O)(N[C@H](CCl)C(C)C)OCc1ccc([N+](=O)[O-])s1)C(C)C. The van der Waals surface area contributed by atoms with Gasteiger partial charge in [0.1, 0.15) is 0 Å². The van der Waals surface area contributed by atoms with Gasteiger partial charge in [-0.1, -0.05) is 46.0 Å². The van der Waals surface area contributed by atoms with Crippen LogP contribution in [0.25, 0.3) is 0 Å². The second-order valence-electron chi connectivity index (χ2n) is 6.84. The Labute approximate surface area is 164 Å². The molecule has 0 radical (unpaired) electrons. The van der Waals surface area contributed by atoms with Crippen LogP contribution in [-0.2, 0) is 15.7 Å². The zero-order valence-corrected chi connectivity index (χ0v) is 18.4. The summed E-state index contributed by atoms with van der Waals surface area (Å²) in [4.78, 5) is 11.0. The first-order valence-electron chi connectivity index (χ1n) is 8.71. The Morgan fingerprint density at radius 3 is 2.23 bits per heavy atom. The van der Waals surface area contributed by atoms with Gasteiger partial charge in [0.05, 0.1) is 11.5 Å². The molecule has 0 saturated carbocycles. The van der Waals surface area contributed by atoms with Gasteiger partial charge in [0.2, 0.25) is 0 Å². The van der Waals surface area contributed by atoms with E-state index < -0.39 is 12.6 Å². The van der Waals surface area contributed by atoms with E-state index in [1.807, 2.05) is 20.8 Å². The molecule has 3 atom stereocenters. The molecule has 2 N–H and O–H groups in total. The number of nitro groups is 1. The van der Waals surface area contributed by atoms with E-state index in [1.165, 1.54) is 6.07 Å². The number of nitrogens with one attached hydrogen (secondary N) is 2. The third kappa shape index (κ3) is 7.25. The van der Waals surface area contributed by atoms with E-state index in [0.29, 0.717) is 10.8 Å². The lowest BCUT2D eigenvalue weighted by Crippen LogP contribution is -2.41. The lowest BCUT2D eigenvalue weighted by Gasteiger charge is -2.31. The van der Waals surface area contributed by atoms with Gasteiger partial charge >= 0.3 is 12.7 Å². The van der Waals surface area contributed by atoms with Crippen molar-refractivity contribution >= 4 is 35.6 Å². The first kappa shape index (κ1) is 23.5. The number of hydrogen-bond acceptors (Lipinski definition) is 5. The van der Waals surface area contributed by atoms with E-state index in [4.69, 9.17) is 16.1 Å². The van der Waals surface area contributed by atoms with Crippen molar-refractivity contribution in [3.8, 4) is 0 Å². The van der Waals surface area contributed by atoms with Crippen LogP contribution in [0, 0.1) is 22.0 Å². The van der Waals surface area contributed by atoms with Crippen LogP contribution in [0.3, 0.4) is 0 Å². The quantitative estimate of drug-likeness (QED) is 0.208. The summed E-state index contributed by atoms with van der Waals surface area (Å²) in [6.45, 7) is 10.1. The summed E-state index contributed by atoms with van der Waals surface area (Å²) >= 11 is 7.03. The van der Waals surface area contributed by atoms with Crippen molar-refractivity contribution in [3.05, 3.63) is 27.1 Å². The fourth-order valence-corrected chi connectivity index (χ4v) is 5.97. The molecule has 1 aromatic heterocycles. The normalized spacial score (nSPS) is 16.6. The average molecular weight is 426 g/mol. The first-order valence-corrected chi connectivity index (χ1v) is 11.7. The highest BCUT2D eigenvalue weighted by Gasteiger charge is 2.32. The van der Waals surface area contributed by atoms with E-state index in [9.17, 15) is 14.7 Å². The molecule has 10 heteroatoms. The molecule has 1 heterocycles. The standard InChI is InChI=1S/C16H29ClN3O4PS/c1-6-14(11(2)3)18-25(23,19-15(9-17)12(4)5)24-10-13-7-8-16(26-13)20(21)22/h7-8,11-12,14-15H,6,9-10H2,1-5H3,(H2,18,19,23)/t14-,15-,25?/m1/s1. The van der Waals surface area contributed by atoms with Crippen molar-refractivity contribution in [2.24, 2.45) is 11.8 Å². The van der Waals surface area contributed by atoms with Gasteiger partial charge in [-0.05, 0) is 24.3 Å². The third-order valence-electron chi connectivity index (χ3n) is 4.10. The Morgan fingerprint density at radius 2 is 1.81 bits per heavy atom. The Balaban J connectivity index is 2.94. The van der Waals surface area contributed by atoms with Crippen molar-refractivity contribution in [3.63, 3.8) is 0 Å². The number of nitrogens with zero attached hydrogens (tertiary/aromatic N) is 1. The number of thiophene rings is 1. The van der Waals surface area contributed by atoms with E-state index >= 15 is 0 Å². The minimum Gasteiger partial charge on any atom is -0.300 e. The van der Waals surface area contributed by atoms with E-state index in [2.05, 4.69) is 24.0 Å². The molecule has 0 aliphatic carbocycles. The van der Waals surface area contributed by atoms with Crippen LogP contribution in [0.2, 0.25) is 0 Å². The third-order valence-corrected chi connectivity index (χ3v) is 7.28. The zero-order chi connectivity index (χ0) is 19.9. The molecule has 0 fully saturated rings. The summed E-state index contributed by atoms with van der Waals surface area (Å²) in [7, 11) is -3.40. The van der Waals surface area contributed by atoms with E-state index in [0.717, 1.165) is 17.8 Å². The monoisotopic (exact) mass is 425 g/mol. The molecule has 0 aliphatic heterocycles. The van der Waals surface area contributed by atoms with Crippen molar-refractivity contribution in [2.45, 2.75) is 59.7 Å². The minimum absolute atomic E-state index is 0.00847. The molecule has 0 bridgehead atoms. The van der Waals surface area contributed by atoms with Gasteiger partial charge < -0.3 is 4.52 Å². The fraction of sp³-hybridized carbons (Fsp3) is 0.750. The van der Waals surface area contributed by atoms with Gasteiger partial charge in [-0.15, -0.1) is 11.6 Å². The highest BCUT2D eigenvalue weighted by atomic mass is 35.5. The summed E-state index contributed by atoms with van der Waals surface area (Å²) in [5.41, 5.74) is 0. The smallest absolute Gasteiger partial charge is 0.300 e. The average Bonchev–Trinajstić information content (AvgIpc) is 3.05. The molecule has 1 unspecified atom stereocenters. The van der Waals surface area contributed by atoms with E-state index in [1.54, 1.807) is 6.07 Å². The van der Waals surface area contributed by atoms with Crippen molar-refractivity contribution in [1.82, 2.24) is 10.2 Å². The van der Waals surface area contributed by atoms with Crippen LogP contribution in [-0.4, -0.2) is 22.9 Å². The highest BCUT2D eigenvalue weighted by Crippen LogP contribution is 2.42. The molecule has 26 heavy (non-hydrogen) atoms. The summed E-state index contributed by atoms with van der Waals surface area (Å²) in [5.74, 6) is 0.749. The highest BCUT2D eigenvalue weighted by molar-refractivity contribution is 7.54. The first-order chi connectivity index (χ1) is 12.1. The molecule has 0 aromatic carbocycles. The largest absolute Gasteiger partial charge is 0.341 e. The predicted molar refractivity (Wildman–Crippen MR) is 108 cm³/mol. The molecule has 150 valence electrons. The maximum Gasteiger partial charge on any atom is 0.341 e. The lowest BCUT2D eigenvalue weighted by molar-refractivity contribution is -0.380. The number of hydrogen-bond donors (Lipinski definition) is 2. The number of rotatable bonds is 12. The van der Waals surface area contributed by atoms with Gasteiger partial charge in [0.25, 0.3) is 0 Å². The topological polar surface area (TPSA) is 93.5 Å². The Bertz CT molecular complexity index is 604. The van der Waals surface area contributed by atoms with Gasteiger partial charge in [0.15, 0.2) is 0 Å². The molecule has 7 nitrogen and oxygen atoms in total. The molecular formula is C16H29ClN3O4PS. The van der Waals surface area contributed by atoms with Crippen LogP contribution in [0.15, 0.2) is 12.1 Å². The van der Waals surface area contributed by atoms with Crippen LogP contribution in [0.1, 0.15) is 45.9 Å².